The highest BCUT2D eigenvalue weighted by Crippen LogP contribution is 2.22. The first-order chi connectivity index (χ1) is 11.1. The normalized spacial score (nSPS) is 17.5. The van der Waals surface area contributed by atoms with Crippen LogP contribution < -0.4 is 5.32 Å². The van der Waals surface area contributed by atoms with Gasteiger partial charge in [-0.2, -0.15) is 0 Å². The van der Waals surface area contributed by atoms with E-state index in [2.05, 4.69) is 15.0 Å². The lowest BCUT2D eigenvalue weighted by molar-refractivity contribution is -0.141. The summed E-state index contributed by atoms with van der Waals surface area (Å²) in [6, 6.07) is 5.51. The molecule has 1 aliphatic heterocycles. The molecule has 1 N–H and O–H groups in total. The first-order valence-electron chi connectivity index (χ1n) is 7.60. The van der Waals surface area contributed by atoms with Crippen molar-refractivity contribution in [2.24, 2.45) is 13.0 Å². The highest BCUT2D eigenvalue weighted by molar-refractivity contribution is 5.92. The third-order valence-corrected chi connectivity index (χ3v) is 4.23. The van der Waals surface area contributed by atoms with Gasteiger partial charge in [0.15, 0.2) is 0 Å². The van der Waals surface area contributed by atoms with Crippen molar-refractivity contribution in [3.05, 3.63) is 24.5 Å². The fourth-order valence-corrected chi connectivity index (χ4v) is 2.92. The number of nitrogens with one attached hydrogen (secondary N) is 1. The predicted molar refractivity (Wildman–Crippen MR) is 86.0 cm³/mol. The predicted octanol–water partition coefficient (Wildman–Crippen LogP) is 1.99. The maximum atomic E-state index is 12.3. The van der Waals surface area contributed by atoms with E-state index in [0.29, 0.717) is 19.5 Å². The van der Waals surface area contributed by atoms with Crippen molar-refractivity contribution in [3.63, 3.8) is 0 Å². The first kappa shape index (κ1) is 15.3. The van der Waals surface area contributed by atoms with Gasteiger partial charge in [0.2, 0.25) is 0 Å². The van der Waals surface area contributed by atoms with Gasteiger partial charge in [0.25, 0.3) is 0 Å². The molecule has 3 rings (SSSR count). The van der Waals surface area contributed by atoms with Crippen molar-refractivity contribution in [1.82, 2.24) is 14.5 Å². The highest BCUT2D eigenvalue weighted by atomic mass is 16.5. The van der Waals surface area contributed by atoms with E-state index in [4.69, 9.17) is 0 Å². The van der Waals surface area contributed by atoms with Crippen LogP contribution in [-0.4, -0.2) is 46.7 Å². The Hall–Kier alpha value is -2.57. The van der Waals surface area contributed by atoms with E-state index in [1.807, 2.05) is 29.8 Å². The fourth-order valence-electron chi connectivity index (χ4n) is 2.92. The number of ether oxygens (including phenoxy) is 1. The van der Waals surface area contributed by atoms with Gasteiger partial charge in [0, 0.05) is 25.8 Å². The minimum Gasteiger partial charge on any atom is -0.469 e. The van der Waals surface area contributed by atoms with E-state index in [1.54, 1.807) is 11.2 Å². The monoisotopic (exact) mass is 316 g/mol. The molecule has 0 unspecified atom stereocenters. The van der Waals surface area contributed by atoms with Gasteiger partial charge in [-0.1, -0.05) is 0 Å². The number of nitrogens with zero attached hydrogens (tertiary/aromatic N) is 3. The molecule has 2 amide bonds. The number of likely N-dealkylation sites (tertiary alicyclic amines) is 1. The quantitative estimate of drug-likeness (QED) is 0.879. The Morgan fingerprint density at radius 3 is 3.04 bits per heavy atom. The summed E-state index contributed by atoms with van der Waals surface area (Å²) in [4.78, 5) is 29.7. The van der Waals surface area contributed by atoms with Gasteiger partial charge in [-0.25, -0.2) is 9.78 Å². The van der Waals surface area contributed by atoms with Gasteiger partial charge in [-0.15, -0.1) is 0 Å². The van der Waals surface area contributed by atoms with E-state index in [9.17, 15) is 9.59 Å². The van der Waals surface area contributed by atoms with E-state index in [-0.39, 0.29) is 17.9 Å². The maximum Gasteiger partial charge on any atom is 0.321 e. The van der Waals surface area contributed by atoms with Gasteiger partial charge in [-0.3, -0.25) is 4.79 Å². The number of benzene rings is 1. The van der Waals surface area contributed by atoms with E-state index >= 15 is 0 Å². The topological polar surface area (TPSA) is 76.5 Å². The summed E-state index contributed by atoms with van der Waals surface area (Å²) >= 11 is 0. The third kappa shape index (κ3) is 3.28. The summed E-state index contributed by atoms with van der Waals surface area (Å²) in [7, 11) is 3.31. The number of amides is 2. The van der Waals surface area contributed by atoms with Crippen molar-refractivity contribution >= 4 is 28.7 Å². The van der Waals surface area contributed by atoms with Gasteiger partial charge >= 0.3 is 12.0 Å². The number of carbonyl (C=O) groups excluding carboxylic acids is 2. The number of rotatable bonds is 3. The molecule has 2 heterocycles. The first-order valence-corrected chi connectivity index (χ1v) is 7.60. The van der Waals surface area contributed by atoms with Crippen LogP contribution in [0.25, 0.3) is 11.0 Å². The largest absolute Gasteiger partial charge is 0.469 e. The number of aromatic nitrogens is 2. The molecule has 0 saturated carbocycles. The van der Waals surface area contributed by atoms with Crippen LogP contribution in [0.2, 0.25) is 0 Å². The van der Waals surface area contributed by atoms with Crippen LogP contribution in [0.3, 0.4) is 0 Å². The number of esters is 1. The summed E-state index contributed by atoms with van der Waals surface area (Å²) in [5, 5.41) is 2.89. The molecule has 1 aliphatic rings. The SMILES string of the molecule is COC(=O)C[C@@H]1CCN(C(=O)Nc2ccc3c(c2)ncn3C)C1. The molecule has 7 nitrogen and oxygen atoms in total. The molecule has 2 aromatic rings. The van der Waals surface area contributed by atoms with Crippen molar-refractivity contribution < 1.29 is 14.3 Å². The highest BCUT2D eigenvalue weighted by Gasteiger charge is 2.28. The van der Waals surface area contributed by atoms with E-state index in [0.717, 1.165) is 23.1 Å². The Morgan fingerprint density at radius 1 is 1.43 bits per heavy atom. The summed E-state index contributed by atoms with van der Waals surface area (Å²) in [6.07, 6.45) is 2.93. The minimum atomic E-state index is -0.224. The average Bonchev–Trinajstić information content (AvgIpc) is 3.14. The van der Waals surface area contributed by atoms with Crippen molar-refractivity contribution in [2.45, 2.75) is 12.8 Å². The lowest BCUT2D eigenvalue weighted by atomic mass is 10.1. The zero-order chi connectivity index (χ0) is 16.4. The number of methoxy groups -OCH3 is 1. The number of hydrogen-bond donors (Lipinski definition) is 1. The summed E-state index contributed by atoms with van der Waals surface area (Å²) in [5.41, 5.74) is 2.58. The average molecular weight is 316 g/mol. The summed E-state index contributed by atoms with van der Waals surface area (Å²) < 4.78 is 6.61. The molecular weight excluding hydrogens is 296 g/mol. The molecule has 7 heteroatoms. The van der Waals surface area contributed by atoms with Crippen LogP contribution in [0.4, 0.5) is 10.5 Å². The van der Waals surface area contributed by atoms with Crippen LogP contribution in [0.1, 0.15) is 12.8 Å². The lowest BCUT2D eigenvalue weighted by Gasteiger charge is -2.17. The Morgan fingerprint density at radius 2 is 2.26 bits per heavy atom. The molecule has 0 spiro atoms. The second-order valence-corrected chi connectivity index (χ2v) is 5.87. The number of urea groups is 1. The van der Waals surface area contributed by atoms with Gasteiger partial charge in [0.1, 0.15) is 0 Å². The van der Waals surface area contributed by atoms with Gasteiger partial charge in [0.05, 0.1) is 30.9 Å². The fraction of sp³-hybridized carbons (Fsp3) is 0.438. The lowest BCUT2D eigenvalue weighted by Crippen LogP contribution is -2.33. The maximum absolute atomic E-state index is 12.3. The number of imidazole rings is 1. The third-order valence-electron chi connectivity index (χ3n) is 4.23. The molecular formula is C16H20N4O3. The minimum absolute atomic E-state index is 0.146. The van der Waals surface area contributed by atoms with Crippen LogP contribution in [0.5, 0.6) is 0 Å². The molecule has 1 saturated heterocycles. The second-order valence-electron chi connectivity index (χ2n) is 5.87. The molecule has 0 radical (unpaired) electrons. The number of fused-ring (bicyclic) bond motifs is 1. The van der Waals surface area contributed by atoms with Crippen molar-refractivity contribution in [1.29, 1.82) is 0 Å². The van der Waals surface area contributed by atoms with Crippen LogP contribution in [0.15, 0.2) is 24.5 Å². The summed E-state index contributed by atoms with van der Waals surface area (Å²) in [6.45, 7) is 1.23. The molecule has 122 valence electrons. The Kier molecular flexibility index (Phi) is 4.18. The van der Waals surface area contributed by atoms with Crippen molar-refractivity contribution in [2.75, 3.05) is 25.5 Å². The second kappa shape index (κ2) is 6.28. The molecule has 1 aromatic carbocycles. The van der Waals surface area contributed by atoms with E-state index in [1.165, 1.54) is 7.11 Å². The standard InChI is InChI=1S/C16H20N4O3/c1-19-10-17-13-8-12(3-4-14(13)19)18-16(22)20-6-5-11(9-20)7-15(21)23-2/h3-4,8,10-11H,5-7,9H2,1-2H3,(H,18,22)/t11-/m0/s1. The molecule has 0 bridgehead atoms. The van der Waals surface area contributed by atoms with Gasteiger partial charge in [-0.05, 0) is 30.5 Å². The Bertz CT molecular complexity index is 740. The molecule has 1 atom stereocenters. The van der Waals surface area contributed by atoms with E-state index < -0.39 is 0 Å². The van der Waals surface area contributed by atoms with Crippen LogP contribution >= 0.6 is 0 Å². The molecule has 0 aliphatic carbocycles. The van der Waals surface area contributed by atoms with Gasteiger partial charge < -0.3 is 19.5 Å². The Balaban J connectivity index is 1.61. The Labute approximate surface area is 134 Å². The smallest absolute Gasteiger partial charge is 0.321 e. The summed E-state index contributed by atoms with van der Waals surface area (Å²) in [5.74, 6) is -0.0515. The zero-order valence-corrected chi connectivity index (χ0v) is 13.3. The number of anilines is 1. The molecule has 1 fully saturated rings. The zero-order valence-electron chi connectivity index (χ0n) is 13.3. The van der Waals surface area contributed by atoms with Crippen LogP contribution in [0, 0.1) is 5.92 Å². The molecule has 23 heavy (non-hydrogen) atoms. The number of carbonyl (C=O) groups is 2. The van der Waals surface area contributed by atoms with Crippen molar-refractivity contribution in [3.8, 4) is 0 Å². The number of hydrogen-bond acceptors (Lipinski definition) is 4. The molecule has 1 aromatic heterocycles. The van der Waals surface area contributed by atoms with Crippen LogP contribution in [-0.2, 0) is 16.6 Å². The number of aryl methyl sites for hydroxylation is 1.